The third-order valence-corrected chi connectivity index (χ3v) is 1.99. The number of hydroxylamine groups is 1. The Morgan fingerprint density at radius 2 is 2.33 bits per heavy atom. The molecule has 2 amide bonds. The van der Waals surface area contributed by atoms with Crippen molar-refractivity contribution in [2.45, 2.75) is 18.9 Å². The second kappa shape index (κ2) is 4.94. The van der Waals surface area contributed by atoms with Gasteiger partial charge in [0.1, 0.15) is 0 Å². The maximum absolute atomic E-state index is 11.2. The minimum Gasteiger partial charge on any atom is -0.479 e. The van der Waals surface area contributed by atoms with E-state index in [4.69, 9.17) is 9.84 Å². The summed E-state index contributed by atoms with van der Waals surface area (Å²) in [5.74, 6) is -1.15. The lowest BCUT2D eigenvalue weighted by Crippen LogP contribution is -2.50. The van der Waals surface area contributed by atoms with Crippen LogP contribution in [0.15, 0.2) is 0 Å². The summed E-state index contributed by atoms with van der Waals surface area (Å²) in [7, 11) is 0. The lowest BCUT2D eigenvalue weighted by atomic mass is 10.0. The van der Waals surface area contributed by atoms with Gasteiger partial charge in [-0.1, -0.05) is 0 Å². The van der Waals surface area contributed by atoms with Crippen molar-refractivity contribution in [3.05, 3.63) is 0 Å². The van der Waals surface area contributed by atoms with Crippen molar-refractivity contribution < 1.29 is 24.3 Å². The SMILES string of the molecule is CC1(NC(=O)NOCC(=O)O)CCOC1. The van der Waals surface area contributed by atoms with Gasteiger partial charge in [0, 0.05) is 6.61 Å². The Kier molecular flexibility index (Phi) is 3.87. The minimum atomic E-state index is -1.15. The third-order valence-electron chi connectivity index (χ3n) is 1.99. The lowest BCUT2D eigenvalue weighted by Gasteiger charge is -2.23. The lowest BCUT2D eigenvalue weighted by molar-refractivity contribution is -0.144. The molecule has 0 aromatic rings. The van der Waals surface area contributed by atoms with Crippen LogP contribution in [0.4, 0.5) is 4.79 Å². The smallest absolute Gasteiger partial charge is 0.339 e. The Labute approximate surface area is 86.7 Å². The molecule has 1 rings (SSSR count). The molecule has 0 spiro atoms. The van der Waals surface area contributed by atoms with Crippen LogP contribution in [0.2, 0.25) is 0 Å². The van der Waals surface area contributed by atoms with Gasteiger partial charge in [0.2, 0.25) is 0 Å². The van der Waals surface area contributed by atoms with Crippen molar-refractivity contribution in [1.29, 1.82) is 0 Å². The van der Waals surface area contributed by atoms with Crippen molar-refractivity contribution in [2.75, 3.05) is 19.8 Å². The van der Waals surface area contributed by atoms with Crippen LogP contribution in [-0.4, -0.2) is 42.5 Å². The molecular formula is C8H14N2O5. The predicted molar refractivity (Wildman–Crippen MR) is 49.1 cm³/mol. The first-order chi connectivity index (χ1) is 7.02. The molecule has 1 saturated heterocycles. The molecule has 86 valence electrons. The van der Waals surface area contributed by atoms with E-state index in [0.717, 1.165) is 6.42 Å². The number of aliphatic carboxylic acids is 1. The average molecular weight is 218 g/mol. The fraction of sp³-hybridized carbons (Fsp3) is 0.750. The molecule has 1 atom stereocenters. The van der Waals surface area contributed by atoms with Crippen LogP contribution in [0.1, 0.15) is 13.3 Å². The number of rotatable bonds is 4. The van der Waals surface area contributed by atoms with E-state index in [0.29, 0.717) is 13.2 Å². The number of urea groups is 1. The van der Waals surface area contributed by atoms with Crippen molar-refractivity contribution in [3.8, 4) is 0 Å². The summed E-state index contributed by atoms with van der Waals surface area (Å²) >= 11 is 0. The van der Waals surface area contributed by atoms with Crippen LogP contribution < -0.4 is 10.8 Å². The molecule has 0 bridgehead atoms. The number of carbonyl (C=O) groups excluding carboxylic acids is 1. The van der Waals surface area contributed by atoms with Crippen molar-refractivity contribution >= 4 is 12.0 Å². The zero-order valence-corrected chi connectivity index (χ0v) is 8.41. The first-order valence-electron chi connectivity index (χ1n) is 4.51. The Balaban J connectivity index is 2.20. The van der Waals surface area contributed by atoms with Gasteiger partial charge in [-0.15, -0.1) is 0 Å². The molecular weight excluding hydrogens is 204 g/mol. The highest BCUT2D eigenvalue weighted by atomic mass is 16.7. The number of ether oxygens (including phenoxy) is 1. The van der Waals surface area contributed by atoms with Gasteiger partial charge in [0.25, 0.3) is 0 Å². The predicted octanol–water partition coefficient (Wildman–Crippen LogP) is -0.519. The summed E-state index contributed by atoms with van der Waals surface area (Å²) in [6, 6.07) is -0.566. The van der Waals surface area contributed by atoms with E-state index in [1.165, 1.54) is 0 Å². The van der Waals surface area contributed by atoms with Gasteiger partial charge in [0.05, 0.1) is 12.1 Å². The average Bonchev–Trinajstić information content (AvgIpc) is 2.50. The molecule has 3 N–H and O–H groups in total. The summed E-state index contributed by atoms with van der Waals surface area (Å²) in [4.78, 5) is 25.7. The first-order valence-corrected chi connectivity index (χ1v) is 4.51. The van der Waals surface area contributed by atoms with Crippen LogP contribution >= 0.6 is 0 Å². The quantitative estimate of drug-likeness (QED) is 0.552. The standard InChI is InChI=1S/C8H14N2O5/c1-8(2-3-14-5-8)9-7(13)10-15-4-6(11)12/h2-5H2,1H3,(H,11,12)(H2,9,10,13). The number of carboxylic acids is 1. The number of amides is 2. The summed E-state index contributed by atoms with van der Waals surface area (Å²) in [5, 5.41) is 10.9. The van der Waals surface area contributed by atoms with E-state index < -0.39 is 24.1 Å². The molecule has 1 unspecified atom stereocenters. The minimum absolute atomic E-state index is 0.406. The Morgan fingerprint density at radius 3 is 2.87 bits per heavy atom. The van der Waals surface area contributed by atoms with Crippen LogP contribution in [0, 0.1) is 0 Å². The molecule has 0 aromatic carbocycles. The summed E-state index contributed by atoms with van der Waals surface area (Å²) in [5.41, 5.74) is 1.57. The molecule has 0 aliphatic carbocycles. The van der Waals surface area contributed by atoms with E-state index in [1.807, 2.05) is 12.4 Å². The van der Waals surface area contributed by atoms with Gasteiger partial charge in [-0.05, 0) is 13.3 Å². The van der Waals surface area contributed by atoms with E-state index in [-0.39, 0.29) is 0 Å². The molecule has 1 fully saturated rings. The topological polar surface area (TPSA) is 96.9 Å². The van der Waals surface area contributed by atoms with Crippen LogP contribution in [0.3, 0.4) is 0 Å². The van der Waals surface area contributed by atoms with Gasteiger partial charge >= 0.3 is 12.0 Å². The Bertz CT molecular complexity index is 249. The zero-order chi connectivity index (χ0) is 11.3. The number of carboxylic acid groups (broad SMARTS) is 1. The summed E-state index contributed by atoms with van der Waals surface area (Å²) in [6.07, 6.45) is 0.722. The van der Waals surface area contributed by atoms with Crippen LogP contribution in [-0.2, 0) is 14.4 Å². The molecule has 1 aliphatic heterocycles. The highest BCUT2D eigenvalue weighted by Crippen LogP contribution is 2.16. The monoisotopic (exact) mass is 218 g/mol. The number of carbonyl (C=O) groups is 2. The molecule has 7 heteroatoms. The fourth-order valence-corrected chi connectivity index (χ4v) is 1.23. The number of hydrogen-bond donors (Lipinski definition) is 3. The van der Waals surface area contributed by atoms with E-state index in [1.54, 1.807) is 0 Å². The van der Waals surface area contributed by atoms with Gasteiger partial charge in [-0.2, -0.15) is 0 Å². The molecule has 0 saturated carbocycles. The fourth-order valence-electron chi connectivity index (χ4n) is 1.23. The van der Waals surface area contributed by atoms with Crippen LogP contribution in [0.25, 0.3) is 0 Å². The van der Waals surface area contributed by atoms with Gasteiger partial charge in [-0.3, -0.25) is 4.84 Å². The number of hydrogen-bond acceptors (Lipinski definition) is 4. The second-order valence-corrected chi connectivity index (χ2v) is 3.60. The van der Waals surface area contributed by atoms with E-state index in [9.17, 15) is 9.59 Å². The van der Waals surface area contributed by atoms with Crippen LogP contribution in [0.5, 0.6) is 0 Å². The molecule has 7 nitrogen and oxygen atoms in total. The van der Waals surface area contributed by atoms with E-state index >= 15 is 0 Å². The Hall–Kier alpha value is -1.34. The Morgan fingerprint density at radius 1 is 1.60 bits per heavy atom. The first kappa shape index (κ1) is 11.7. The van der Waals surface area contributed by atoms with E-state index in [2.05, 4.69) is 10.2 Å². The van der Waals surface area contributed by atoms with Gasteiger partial charge in [0.15, 0.2) is 6.61 Å². The molecule has 1 heterocycles. The van der Waals surface area contributed by atoms with Gasteiger partial charge in [-0.25, -0.2) is 15.1 Å². The maximum Gasteiger partial charge on any atom is 0.339 e. The molecule has 15 heavy (non-hydrogen) atoms. The highest BCUT2D eigenvalue weighted by molar-refractivity contribution is 5.74. The normalized spacial score (nSPS) is 24.9. The highest BCUT2D eigenvalue weighted by Gasteiger charge is 2.31. The van der Waals surface area contributed by atoms with Gasteiger partial charge < -0.3 is 15.2 Å². The second-order valence-electron chi connectivity index (χ2n) is 3.60. The zero-order valence-electron chi connectivity index (χ0n) is 8.41. The number of nitrogens with one attached hydrogen (secondary N) is 2. The largest absolute Gasteiger partial charge is 0.479 e. The van der Waals surface area contributed by atoms with Crippen molar-refractivity contribution in [1.82, 2.24) is 10.8 Å². The molecule has 0 aromatic heterocycles. The molecule has 1 aliphatic rings. The van der Waals surface area contributed by atoms with Crippen molar-refractivity contribution in [3.63, 3.8) is 0 Å². The summed E-state index contributed by atoms with van der Waals surface area (Å²) < 4.78 is 5.13. The van der Waals surface area contributed by atoms with Crippen molar-refractivity contribution in [2.24, 2.45) is 0 Å². The molecule has 0 radical (unpaired) electrons. The summed E-state index contributed by atoms with van der Waals surface area (Å²) in [6.45, 7) is 2.32. The maximum atomic E-state index is 11.2. The third kappa shape index (κ3) is 4.13.